The van der Waals surface area contributed by atoms with Crippen LogP contribution in [0, 0.1) is 6.92 Å². The zero-order chi connectivity index (χ0) is 60.9. The molecular formula is C83H81BN2SSi. The van der Waals surface area contributed by atoms with E-state index in [9.17, 15) is 0 Å². The van der Waals surface area contributed by atoms with Crippen molar-refractivity contribution in [2.75, 3.05) is 9.80 Å². The van der Waals surface area contributed by atoms with E-state index in [0.29, 0.717) is 0 Å². The Balaban J connectivity index is 0.981. The van der Waals surface area contributed by atoms with E-state index in [-0.39, 0.29) is 33.8 Å². The van der Waals surface area contributed by atoms with Gasteiger partial charge in [-0.25, -0.2) is 0 Å². The SMILES string of the molecule is Cc1cc2c3c(c1)N(c1ccc(C(C)(C)C)cc1)c1c(sc4cc5c(cc14)C(C)(C)CCC5(C)C)B3c1cc3c(cc1N2c1ccc(-c2ccc([Si](c4ccccc4)(c4ccccc4)c4ccccc4)cc2)cc1-c1ccccc1)C(C)(C)CCC3(C)C. The van der Waals surface area contributed by atoms with Crippen LogP contribution >= 0.6 is 11.3 Å². The Hall–Kier alpha value is -7.96. The highest BCUT2D eigenvalue weighted by atomic mass is 32.1. The van der Waals surface area contributed by atoms with Crippen molar-refractivity contribution in [2.24, 2.45) is 0 Å². The van der Waals surface area contributed by atoms with Crippen molar-refractivity contribution in [3.8, 4) is 22.3 Å². The van der Waals surface area contributed by atoms with Crippen LogP contribution in [0.5, 0.6) is 0 Å². The molecule has 0 amide bonds. The molecule has 11 aromatic rings. The molecule has 436 valence electrons. The van der Waals surface area contributed by atoms with Gasteiger partial charge in [0.25, 0.3) is 6.71 Å². The Labute approximate surface area is 529 Å². The fraction of sp³-hybridized carbons (Fsp3) is 0.253. The maximum absolute atomic E-state index is 2.73. The molecule has 0 fully saturated rings. The third kappa shape index (κ3) is 8.83. The Morgan fingerprint density at radius 2 is 0.886 bits per heavy atom. The summed E-state index contributed by atoms with van der Waals surface area (Å²) in [7, 11) is -2.73. The summed E-state index contributed by atoms with van der Waals surface area (Å²) in [4.78, 5) is 5.41. The maximum atomic E-state index is 2.72. The van der Waals surface area contributed by atoms with Crippen molar-refractivity contribution in [3.63, 3.8) is 0 Å². The average Bonchev–Trinajstić information content (AvgIpc) is 1.70. The summed E-state index contributed by atoms with van der Waals surface area (Å²) in [6.07, 6.45) is 4.66. The summed E-state index contributed by atoms with van der Waals surface area (Å²) in [5.74, 6) is 0. The van der Waals surface area contributed by atoms with E-state index in [2.05, 4.69) is 329 Å². The van der Waals surface area contributed by atoms with E-state index in [0.717, 1.165) is 12.8 Å². The second-order valence-electron chi connectivity index (χ2n) is 29.8. The quantitative estimate of drug-likeness (QED) is 0.111. The molecule has 4 aliphatic rings. The van der Waals surface area contributed by atoms with E-state index < -0.39 is 8.07 Å². The number of aryl methyl sites for hydroxylation is 1. The molecule has 88 heavy (non-hydrogen) atoms. The normalized spacial score (nSPS) is 16.8. The lowest BCUT2D eigenvalue weighted by Crippen LogP contribution is -2.74. The van der Waals surface area contributed by atoms with E-state index in [4.69, 9.17) is 0 Å². The van der Waals surface area contributed by atoms with Crippen LogP contribution in [0.1, 0.15) is 135 Å². The van der Waals surface area contributed by atoms with Crippen molar-refractivity contribution in [3.05, 3.63) is 258 Å². The third-order valence-corrected chi connectivity index (χ3v) is 27.3. The minimum Gasteiger partial charge on any atom is -0.311 e. The van der Waals surface area contributed by atoms with E-state index in [1.54, 1.807) is 0 Å². The molecule has 0 radical (unpaired) electrons. The standard InChI is InChI=1S/C83H81BN2SSi/c1-54-47-73-76-74(48-54)86(71-42-35-57(49-64(71)56-25-17-13-18-26-56)55-33-40-63(41-34-55)88(60-27-19-14-20-28-60,61-29-21-15-22-30-61)62-31-23-16-24-32-62)72-52-68-67(81(7,8)44-45-82(68,9)10)51-70(72)84(76)78-77(85(73)59-38-36-58(37-39-59)79(2,3)4)65-50-66-69(53-75(65)87-78)83(11,12)46-43-80(66,5)6/h13-42,47-53H,43-46H2,1-12H3. The number of hydrogen-bond acceptors (Lipinski definition) is 3. The lowest BCUT2D eigenvalue weighted by molar-refractivity contribution is 0.332. The van der Waals surface area contributed by atoms with Gasteiger partial charge in [-0.3, -0.25) is 0 Å². The molecule has 0 saturated carbocycles. The predicted molar refractivity (Wildman–Crippen MR) is 384 cm³/mol. The molecule has 1 aromatic heterocycles. The summed E-state index contributed by atoms with van der Waals surface area (Å²) in [6, 6.07) is 87.4. The zero-order valence-electron chi connectivity index (χ0n) is 53.6. The summed E-state index contributed by atoms with van der Waals surface area (Å²) in [5.41, 5.74) is 24.0. The monoisotopic (exact) mass is 1180 g/mol. The van der Waals surface area contributed by atoms with Crippen LogP contribution in [-0.2, 0) is 27.1 Å². The van der Waals surface area contributed by atoms with Gasteiger partial charge in [-0.2, -0.15) is 0 Å². The first-order valence-electron chi connectivity index (χ1n) is 32.3. The van der Waals surface area contributed by atoms with Crippen molar-refractivity contribution in [1.82, 2.24) is 0 Å². The van der Waals surface area contributed by atoms with E-state index in [1.807, 2.05) is 0 Å². The molecule has 0 atom stereocenters. The number of anilines is 6. The van der Waals surface area contributed by atoms with Gasteiger partial charge in [-0.15, -0.1) is 11.3 Å². The Bertz CT molecular complexity index is 4440. The van der Waals surface area contributed by atoms with E-state index >= 15 is 0 Å². The maximum Gasteiger partial charge on any atom is 0.264 e. The van der Waals surface area contributed by atoms with Crippen LogP contribution in [0.2, 0.25) is 0 Å². The van der Waals surface area contributed by atoms with Gasteiger partial charge in [0.1, 0.15) is 0 Å². The summed E-state index contributed by atoms with van der Waals surface area (Å²) in [5, 5.41) is 6.88. The number of fused-ring (bicyclic) bond motifs is 8. The first kappa shape index (κ1) is 56.5. The topological polar surface area (TPSA) is 6.48 Å². The van der Waals surface area contributed by atoms with Gasteiger partial charge < -0.3 is 9.80 Å². The fourth-order valence-corrected chi connectivity index (χ4v) is 22.2. The highest BCUT2D eigenvalue weighted by Gasteiger charge is 2.49. The molecule has 0 N–H and O–H groups in total. The average molecular weight is 1180 g/mol. The number of thiophene rings is 1. The minimum absolute atomic E-state index is 0.00607. The smallest absolute Gasteiger partial charge is 0.264 e. The first-order chi connectivity index (χ1) is 42.1. The van der Waals surface area contributed by atoms with Crippen LogP contribution in [0.4, 0.5) is 34.1 Å². The predicted octanol–water partition coefficient (Wildman–Crippen LogP) is 18.0. The molecule has 15 rings (SSSR count). The molecule has 0 saturated heterocycles. The van der Waals surface area contributed by atoms with Gasteiger partial charge in [0, 0.05) is 43.2 Å². The highest BCUT2D eigenvalue weighted by Crippen LogP contribution is 2.55. The molecule has 2 nitrogen and oxygen atoms in total. The summed E-state index contributed by atoms with van der Waals surface area (Å²) in [6.45, 7) is 29.3. The molecular weight excluding hydrogens is 1100 g/mol. The highest BCUT2D eigenvalue weighted by molar-refractivity contribution is 7.33. The van der Waals surface area contributed by atoms with Crippen LogP contribution in [-0.4, -0.2) is 14.8 Å². The van der Waals surface area contributed by atoms with Crippen molar-refractivity contribution < 1.29 is 0 Å². The number of hydrogen-bond donors (Lipinski definition) is 0. The van der Waals surface area contributed by atoms with Crippen molar-refractivity contribution in [1.29, 1.82) is 0 Å². The fourth-order valence-electron chi connectivity index (χ4n) is 16.1. The van der Waals surface area contributed by atoms with Crippen LogP contribution in [0.15, 0.2) is 224 Å². The third-order valence-electron chi connectivity index (χ3n) is 21.3. The van der Waals surface area contributed by atoms with Crippen LogP contribution in [0.3, 0.4) is 0 Å². The van der Waals surface area contributed by atoms with E-state index in [1.165, 1.54) is 149 Å². The zero-order valence-corrected chi connectivity index (χ0v) is 55.4. The van der Waals surface area contributed by atoms with Gasteiger partial charge in [-0.1, -0.05) is 246 Å². The van der Waals surface area contributed by atoms with Crippen molar-refractivity contribution in [2.45, 2.75) is 136 Å². The van der Waals surface area contributed by atoms with Crippen LogP contribution in [0.25, 0.3) is 32.3 Å². The molecule has 2 aliphatic heterocycles. The van der Waals surface area contributed by atoms with Gasteiger partial charge in [-0.05, 0) is 196 Å². The lowest BCUT2D eigenvalue weighted by atomic mass is 9.35. The molecule has 0 bridgehead atoms. The summed E-state index contributed by atoms with van der Waals surface area (Å²) < 4.78 is 2.84. The molecule has 5 heteroatoms. The van der Waals surface area contributed by atoms with Crippen molar-refractivity contribution >= 4 is 107 Å². The number of nitrogens with zero attached hydrogens (tertiary/aromatic N) is 2. The number of rotatable bonds is 8. The second-order valence-corrected chi connectivity index (χ2v) is 34.7. The first-order valence-corrected chi connectivity index (χ1v) is 35.1. The minimum atomic E-state index is -2.73. The summed E-state index contributed by atoms with van der Waals surface area (Å²) >= 11 is 2.06. The van der Waals surface area contributed by atoms with Gasteiger partial charge in [0.05, 0.1) is 11.4 Å². The molecule has 2 aliphatic carbocycles. The second kappa shape index (κ2) is 20.3. The largest absolute Gasteiger partial charge is 0.311 e. The van der Waals surface area contributed by atoms with Gasteiger partial charge in [0.2, 0.25) is 0 Å². The lowest BCUT2D eigenvalue weighted by Gasteiger charge is -2.47. The molecule has 10 aromatic carbocycles. The molecule has 0 spiro atoms. The number of benzene rings is 10. The molecule has 0 unspecified atom stereocenters. The Kier molecular flexibility index (Phi) is 13.0. The van der Waals surface area contributed by atoms with Crippen LogP contribution < -0.4 is 46.2 Å². The molecule has 3 heterocycles. The van der Waals surface area contributed by atoms with Gasteiger partial charge >= 0.3 is 0 Å². The Morgan fingerprint density at radius 3 is 1.42 bits per heavy atom. The Morgan fingerprint density at radius 1 is 0.420 bits per heavy atom. The van der Waals surface area contributed by atoms with Gasteiger partial charge in [0.15, 0.2) is 8.07 Å².